The van der Waals surface area contributed by atoms with E-state index in [9.17, 15) is 4.39 Å². The van der Waals surface area contributed by atoms with Crippen LogP contribution in [0.25, 0.3) is 0 Å². The highest BCUT2D eigenvalue weighted by molar-refractivity contribution is 5.22. The third-order valence-corrected chi connectivity index (χ3v) is 3.76. The van der Waals surface area contributed by atoms with Crippen molar-refractivity contribution in [3.63, 3.8) is 0 Å². The lowest BCUT2D eigenvalue weighted by molar-refractivity contribution is 0.188. The minimum Gasteiger partial charge on any atom is -0.509 e. The van der Waals surface area contributed by atoms with Crippen LogP contribution in [0, 0.1) is 0 Å². The molecule has 0 saturated carbocycles. The summed E-state index contributed by atoms with van der Waals surface area (Å²) in [6, 6.07) is 0. The topological polar surface area (TPSA) is 49.7 Å². The Hall–Kier alpha value is -1.03. The van der Waals surface area contributed by atoms with Gasteiger partial charge >= 0.3 is 0 Å². The van der Waals surface area contributed by atoms with Gasteiger partial charge in [0.05, 0.1) is 12.4 Å². The molecule has 0 aromatic carbocycles. The molecule has 1 aliphatic carbocycles. The third kappa shape index (κ3) is 8.76. The van der Waals surface area contributed by atoms with Gasteiger partial charge in [-0.2, -0.15) is 0 Å². The molecular formula is C17H29FO3. The molecular weight excluding hydrogens is 271 g/mol. The van der Waals surface area contributed by atoms with Gasteiger partial charge in [-0.3, -0.25) is 0 Å². The fourth-order valence-corrected chi connectivity index (χ4v) is 2.43. The maximum absolute atomic E-state index is 13.1. The quantitative estimate of drug-likeness (QED) is 0.503. The summed E-state index contributed by atoms with van der Waals surface area (Å²) in [5.41, 5.74) is 0. The van der Waals surface area contributed by atoms with Crippen LogP contribution in [0.1, 0.15) is 70.6 Å². The van der Waals surface area contributed by atoms with E-state index in [-0.39, 0.29) is 5.76 Å². The monoisotopic (exact) mass is 300 g/mol. The predicted molar refractivity (Wildman–Crippen MR) is 82.7 cm³/mol. The smallest absolute Gasteiger partial charge is 0.163 e. The first-order valence-electron chi connectivity index (χ1n) is 8.26. The normalized spacial score (nSPS) is 15.2. The molecule has 122 valence electrons. The molecule has 0 spiro atoms. The van der Waals surface area contributed by atoms with Gasteiger partial charge in [-0.25, -0.2) is 4.39 Å². The molecule has 21 heavy (non-hydrogen) atoms. The highest BCUT2D eigenvalue weighted by Crippen LogP contribution is 2.23. The molecule has 0 fully saturated rings. The summed E-state index contributed by atoms with van der Waals surface area (Å²) >= 11 is 0. The van der Waals surface area contributed by atoms with Crippen molar-refractivity contribution in [2.75, 3.05) is 13.2 Å². The van der Waals surface area contributed by atoms with Crippen molar-refractivity contribution < 1.29 is 19.3 Å². The first kappa shape index (κ1) is 18.0. The Morgan fingerprint density at radius 3 is 2.05 bits per heavy atom. The van der Waals surface area contributed by atoms with Crippen LogP contribution in [-0.4, -0.2) is 23.4 Å². The zero-order chi connectivity index (χ0) is 15.3. The summed E-state index contributed by atoms with van der Waals surface area (Å²) in [4.78, 5) is 0. The standard InChI is InChI=1S/C17H29FO3/c18-16-14-15(10-11-17(16)20)21-13-9-7-5-3-1-2-4-6-8-12-19/h14,19-20H,1-13H2. The van der Waals surface area contributed by atoms with E-state index in [1.165, 1.54) is 38.2 Å². The molecule has 0 aromatic heterocycles. The van der Waals surface area contributed by atoms with Gasteiger partial charge in [0.1, 0.15) is 5.76 Å². The Balaban J connectivity index is 1.88. The van der Waals surface area contributed by atoms with E-state index in [0.717, 1.165) is 25.7 Å². The number of aliphatic hydroxyl groups is 2. The second-order valence-corrected chi connectivity index (χ2v) is 5.66. The molecule has 0 atom stereocenters. The number of rotatable bonds is 12. The number of ether oxygens (including phenoxy) is 1. The Labute approximate surface area is 127 Å². The molecule has 0 aromatic rings. The van der Waals surface area contributed by atoms with E-state index >= 15 is 0 Å². The first-order valence-corrected chi connectivity index (χ1v) is 8.26. The molecule has 1 aliphatic rings. The minimum atomic E-state index is -0.558. The van der Waals surface area contributed by atoms with E-state index in [2.05, 4.69) is 0 Å². The molecule has 0 bridgehead atoms. The van der Waals surface area contributed by atoms with Gasteiger partial charge in [0.25, 0.3) is 0 Å². The molecule has 4 heteroatoms. The number of halogens is 1. The van der Waals surface area contributed by atoms with Gasteiger partial charge in [0.15, 0.2) is 5.83 Å². The summed E-state index contributed by atoms with van der Waals surface area (Å²) in [7, 11) is 0. The Kier molecular flexibility index (Phi) is 9.96. The van der Waals surface area contributed by atoms with Gasteiger partial charge in [0, 0.05) is 25.5 Å². The van der Waals surface area contributed by atoms with E-state index in [0.29, 0.717) is 31.8 Å². The molecule has 0 amide bonds. The van der Waals surface area contributed by atoms with Crippen LogP contribution in [0.3, 0.4) is 0 Å². The highest BCUT2D eigenvalue weighted by Gasteiger charge is 2.12. The van der Waals surface area contributed by atoms with Crippen molar-refractivity contribution in [1.82, 2.24) is 0 Å². The van der Waals surface area contributed by atoms with Crippen LogP contribution in [0.15, 0.2) is 23.4 Å². The van der Waals surface area contributed by atoms with Gasteiger partial charge in [-0.05, 0) is 12.8 Å². The molecule has 1 rings (SSSR count). The molecule has 0 aliphatic heterocycles. The summed E-state index contributed by atoms with van der Waals surface area (Å²) in [6.45, 7) is 0.951. The Morgan fingerprint density at radius 2 is 1.48 bits per heavy atom. The van der Waals surface area contributed by atoms with Gasteiger partial charge < -0.3 is 14.9 Å². The zero-order valence-electron chi connectivity index (χ0n) is 13.0. The van der Waals surface area contributed by atoms with Crippen LogP contribution >= 0.6 is 0 Å². The van der Waals surface area contributed by atoms with Crippen LogP contribution in [0.4, 0.5) is 4.39 Å². The maximum Gasteiger partial charge on any atom is 0.163 e. The number of unbranched alkanes of at least 4 members (excludes halogenated alkanes) is 8. The lowest BCUT2D eigenvalue weighted by Crippen LogP contribution is -2.01. The van der Waals surface area contributed by atoms with E-state index < -0.39 is 5.83 Å². The lowest BCUT2D eigenvalue weighted by Gasteiger charge is -2.14. The van der Waals surface area contributed by atoms with E-state index in [1.807, 2.05) is 0 Å². The second-order valence-electron chi connectivity index (χ2n) is 5.66. The average Bonchev–Trinajstić information content (AvgIpc) is 2.48. The predicted octanol–water partition coefficient (Wildman–Crippen LogP) is 4.92. The SMILES string of the molecule is OCCCCCCCCCCCOC1=CC(F)=C(O)CC1. The summed E-state index contributed by atoms with van der Waals surface area (Å²) in [6.07, 6.45) is 12.7. The maximum atomic E-state index is 13.1. The van der Waals surface area contributed by atoms with Crippen molar-refractivity contribution in [2.24, 2.45) is 0 Å². The number of hydrogen-bond donors (Lipinski definition) is 2. The van der Waals surface area contributed by atoms with Gasteiger partial charge in [0.2, 0.25) is 0 Å². The fraction of sp³-hybridized carbons (Fsp3) is 0.765. The molecule has 3 nitrogen and oxygen atoms in total. The highest BCUT2D eigenvalue weighted by atomic mass is 19.1. The van der Waals surface area contributed by atoms with Crippen molar-refractivity contribution in [2.45, 2.75) is 70.6 Å². The average molecular weight is 300 g/mol. The van der Waals surface area contributed by atoms with Gasteiger partial charge in [-0.1, -0.05) is 44.9 Å². The van der Waals surface area contributed by atoms with E-state index in [4.69, 9.17) is 14.9 Å². The summed E-state index contributed by atoms with van der Waals surface area (Å²) in [5, 5.41) is 17.8. The zero-order valence-corrected chi connectivity index (χ0v) is 13.0. The number of aliphatic hydroxyl groups excluding tert-OH is 2. The first-order chi connectivity index (χ1) is 10.2. The summed E-state index contributed by atoms with van der Waals surface area (Å²) < 4.78 is 18.6. The fourth-order valence-electron chi connectivity index (χ4n) is 2.43. The number of allylic oxidation sites excluding steroid dienone is 4. The largest absolute Gasteiger partial charge is 0.509 e. The second kappa shape index (κ2) is 11.6. The molecule has 0 unspecified atom stereocenters. The van der Waals surface area contributed by atoms with Crippen molar-refractivity contribution in [1.29, 1.82) is 0 Å². The van der Waals surface area contributed by atoms with E-state index in [1.54, 1.807) is 0 Å². The molecule has 0 heterocycles. The number of hydrogen-bond acceptors (Lipinski definition) is 3. The molecule has 2 N–H and O–H groups in total. The van der Waals surface area contributed by atoms with Crippen molar-refractivity contribution >= 4 is 0 Å². The van der Waals surface area contributed by atoms with Gasteiger partial charge in [-0.15, -0.1) is 0 Å². The minimum absolute atomic E-state index is 0.165. The van der Waals surface area contributed by atoms with Crippen molar-refractivity contribution in [3.05, 3.63) is 23.4 Å². The lowest BCUT2D eigenvalue weighted by atomic mass is 10.1. The molecule has 0 saturated heterocycles. The summed E-state index contributed by atoms with van der Waals surface area (Å²) in [5.74, 6) is -0.0760. The van der Waals surface area contributed by atoms with Crippen LogP contribution < -0.4 is 0 Å². The third-order valence-electron chi connectivity index (χ3n) is 3.76. The van der Waals surface area contributed by atoms with Crippen LogP contribution in [0.2, 0.25) is 0 Å². The van der Waals surface area contributed by atoms with Crippen LogP contribution in [0.5, 0.6) is 0 Å². The Bertz CT molecular complexity index is 337. The Morgan fingerprint density at radius 1 is 0.905 bits per heavy atom. The van der Waals surface area contributed by atoms with Crippen molar-refractivity contribution in [3.8, 4) is 0 Å². The molecule has 0 radical (unpaired) electrons. The van der Waals surface area contributed by atoms with Crippen LogP contribution in [-0.2, 0) is 4.74 Å².